The van der Waals surface area contributed by atoms with Crippen LogP contribution >= 0.6 is 0 Å². The van der Waals surface area contributed by atoms with Gasteiger partial charge < -0.3 is 15.5 Å². The predicted molar refractivity (Wildman–Crippen MR) is 276 cm³/mol. The minimum atomic E-state index is -1.47. The maximum atomic E-state index is 14.0. The van der Waals surface area contributed by atoms with Crippen LogP contribution in [0.3, 0.4) is 0 Å². The van der Waals surface area contributed by atoms with E-state index in [-0.39, 0.29) is 16.9 Å². The lowest BCUT2D eigenvalue weighted by Gasteiger charge is -2.63. The van der Waals surface area contributed by atoms with E-state index in [1.54, 1.807) is 31.4 Å². The van der Waals surface area contributed by atoms with Gasteiger partial charge >= 0.3 is 11.9 Å². The van der Waals surface area contributed by atoms with E-state index in [4.69, 9.17) is 0 Å². The summed E-state index contributed by atoms with van der Waals surface area (Å²) in [5, 5.41) is 30.2. The summed E-state index contributed by atoms with van der Waals surface area (Å²) in [4.78, 5) is 58.9. The number of carboxylic acid groups (broad SMARTS) is 2. The highest BCUT2D eigenvalue weighted by Gasteiger charge is 2.65. The summed E-state index contributed by atoms with van der Waals surface area (Å²) < 4.78 is 0. The molecule has 4 saturated carbocycles. The van der Waals surface area contributed by atoms with E-state index >= 15 is 0 Å². The van der Waals surface area contributed by atoms with Crippen molar-refractivity contribution < 1.29 is 29.4 Å². The first kappa shape index (κ1) is 46.6. The minimum Gasteiger partial charge on any atom is -0.481 e. The third kappa shape index (κ3) is 8.06. The van der Waals surface area contributed by atoms with Crippen molar-refractivity contribution in [1.82, 2.24) is 0 Å². The number of azide groups is 1. The van der Waals surface area contributed by atoms with Crippen molar-refractivity contribution in [3.63, 3.8) is 0 Å². The van der Waals surface area contributed by atoms with Crippen molar-refractivity contribution in [2.75, 3.05) is 5.32 Å². The van der Waals surface area contributed by atoms with Gasteiger partial charge in [0.25, 0.3) is 0 Å². The average molecular weight is 940 g/mol. The molecule has 3 N–H and O–H groups in total. The van der Waals surface area contributed by atoms with E-state index in [2.05, 4.69) is 39.1 Å². The fourth-order valence-electron chi connectivity index (χ4n) is 13.4. The third-order valence-electron chi connectivity index (χ3n) is 16.0. The average Bonchev–Trinajstić information content (AvgIpc) is 3.63. The van der Waals surface area contributed by atoms with Gasteiger partial charge in [-0.05, 0) is 129 Å². The number of carbonyl (C=O) groups excluding carboxylic acids is 2. The molecular weight excluding hydrogens is 887 g/mol. The molecule has 4 fully saturated rings. The maximum absolute atomic E-state index is 14.0. The SMILES string of the molecule is C1=CNc2ccccc2N=C1.C=Cc1ccccc1C1=c2ccc3c(c2C(=O)C(N=[N+]=[N-])C1=O)C(c1ccccc1)C=c1ccccc1=3.CC1C(C(=O)O)=CC=CC1(C(=O)O)C12CC3CC(CC(C3)C1)C2. The molecule has 0 aromatic heterocycles. The Labute approximate surface area is 411 Å². The smallest absolute Gasteiger partial charge is 0.331 e. The lowest BCUT2D eigenvalue weighted by Crippen LogP contribution is -2.60. The highest BCUT2D eigenvalue weighted by molar-refractivity contribution is 6.35. The van der Waals surface area contributed by atoms with Crippen LogP contribution in [0.4, 0.5) is 11.4 Å². The molecule has 8 aliphatic rings. The van der Waals surface area contributed by atoms with Crippen molar-refractivity contribution in [2.45, 2.75) is 57.4 Å². The van der Waals surface area contributed by atoms with Gasteiger partial charge in [0, 0.05) is 45.9 Å². The quantitative estimate of drug-likeness (QED) is 0.0628. The number of hydrogen-bond acceptors (Lipinski definition) is 7. The number of carboxylic acids is 2. The summed E-state index contributed by atoms with van der Waals surface area (Å²) in [6.07, 6.45) is 21.0. The van der Waals surface area contributed by atoms with Crippen molar-refractivity contribution in [3.8, 4) is 0 Å². The van der Waals surface area contributed by atoms with Gasteiger partial charge in [0.2, 0.25) is 0 Å². The summed E-state index contributed by atoms with van der Waals surface area (Å²) in [6, 6.07) is 35.8. The van der Waals surface area contributed by atoms with Gasteiger partial charge in [0.1, 0.15) is 0 Å². The molecule has 11 nitrogen and oxygen atoms in total. The van der Waals surface area contributed by atoms with Crippen molar-refractivity contribution in [3.05, 3.63) is 217 Å². The van der Waals surface area contributed by atoms with Gasteiger partial charge in [-0.3, -0.25) is 19.4 Å². The second-order valence-corrected chi connectivity index (χ2v) is 19.8. The molecule has 0 spiro atoms. The fourth-order valence-corrected chi connectivity index (χ4v) is 13.4. The summed E-state index contributed by atoms with van der Waals surface area (Å²) in [5.41, 5.74) is 14.3. The van der Waals surface area contributed by atoms with Crippen LogP contribution in [0, 0.1) is 44.9 Å². The van der Waals surface area contributed by atoms with Crippen molar-refractivity contribution in [1.29, 1.82) is 0 Å². The van der Waals surface area contributed by atoms with Crippen LogP contribution in [0.2, 0.25) is 0 Å². The summed E-state index contributed by atoms with van der Waals surface area (Å²) >= 11 is 0. The number of rotatable bonds is 7. The second kappa shape index (κ2) is 19.0. The standard InChI is InChI=1S/C32H21N3O2.C19H24O4.C9H8N2/c1-2-19-10-6-9-15-23(19)28-25-17-16-24-22-14-8-7-13-21(22)18-26(20-11-4-3-5-12-20)27(24)29(25)32(37)30(31(28)36)34-35-33;1-11-15(16(20)21)3-2-4-19(11,17(22)23)18-8-12-5-13(9-18)7-14(6-12)10-18;1-2-5-9-8(4-1)10-6-3-7-11-9/h2-18,26,30H,1H2;2-4,11-14H,5-10H2,1H3,(H,20,21)(H,22,23);1-7,10H. The molecule has 1 aliphatic heterocycles. The van der Waals surface area contributed by atoms with Gasteiger partial charge in [-0.25, -0.2) is 4.79 Å². The highest BCUT2D eigenvalue weighted by Crippen LogP contribution is 2.69. The Hall–Kier alpha value is -8.14. The molecule has 0 radical (unpaired) electrons. The number of aliphatic carboxylic acids is 2. The first-order chi connectivity index (χ1) is 34.5. The Balaban J connectivity index is 0.000000144. The van der Waals surface area contributed by atoms with Crippen molar-refractivity contribution >= 4 is 58.8 Å². The molecule has 13 rings (SSSR count). The number of benzene rings is 5. The summed E-state index contributed by atoms with van der Waals surface area (Å²) in [7, 11) is 0. The maximum Gasteiger partial charge on any atom is 0.331 e. The highest BCUT2D eigenvalue weighted by atomic mass is 16.4. The number of nitrogens with zero attached hydrogens (tertiary/aromatic N) is 4. The molecule has 7 aliphatic carbocycles. The zero-order chi connectivity index (χ0) is 49.4. The molecule has 4 atom stereocenters. The van der Waals surface area contributed by atoms with Crippen LogP contribution in [-0.4, -0.2) is 46.0 Å². The van der Waals surface area contributed by atoms with Crippen LogP contribution in [0.25, 0.3) is 28.2 Å². The van der Waals surface area contributed by atoms with Crippen LogP contribution in [0.1, 0.15) is 84.0 Å². The van der Waals surface area contributed by atoms with Gasteiger partial charge in [0.05, 0.1) is 16.8 Å². The zero-order valence-electron chi connectivity index (χ0n) is 39.3. The lowest BCUT2D eigenvalue weighted by molar-refractivity contribution is -0.177. The van der Waals surface area contributed by atoms with Crippen molar-refractivity contribution in [2.24, 2.45) is 44.6 Å². The van der Waals surface area contributed by atoms with E-state index in [9.17, 15) is 34.9 Å². The lowest BCUT2D eigenvalue weighted by atomic mass is 9.40. The number of ketones is 2. The van der Waals surface area contributed by atoms with Gasteiger partial charge in [-0.1, -0.05) is 152 Å². The number of Topliss-reactive ketones (excluding diaryl/α,β-unsaturated/α-hetero) is 2. The Morgan fingerprint density at radius 2 is 1.46 bits per heavy atom. The molecule has 4 unspecified atom stereocenters. The van der Waals surface area contributed by atoms with Crippen LogP contribution in [0.15, 0.2) is 168 Å². The van der Waals surface area contributed by atoms with E-state index < -0.39 is 40.9 Å². The van der Waals surface area contributed by atoms with Crippen LogP contribution in [0.5, 0.6) is 0 Å². The van der Waals surface area contributed by atoms with E-state index in [0.717, 1.165) is 63.0 Å². The number of allylic oxidation sites excluding steroid dienone is 3. The third-order valence-corrected chi connectivity index (χ3v) is 16.0. The molecule has 5 aromatic rings. The first-order valence-corrected chi connectivity index (χ1v) is 24.3. The predicted octanol–water partition coefficient (Wildman–Crippen LogP) is 11.0. The molecule has 0 amide bonds. The Morgan fingerprint density at radius 1 is 0.803 bits per heavy atom. The topological polar surface area (TPSA) is 182 Å². The van der Waals surface area contributed by atoms with Crippen LogP contribution < -0.4 is 15.8 Å². The number of carbonyl (C=O) groups is 4. The number of para-hydroxylation sites is 2. The number of hydrogen-bond donors (Lipinski definition) is 3. The number of anilines is 1. The molecule has 4 bridgehead atoms. The van der Waals surface area contributed by atoms with E-state index in [0.29, 0.717) is 39.7 Å². The Bertz CT molecular complexity index is 3420. The first-order valence-electron chi connectivity index (χ1n) is 24.3. The van der Waals surface area contributed by atoms with E-state index in [1.807, 2.05) is 128 Å². The van der Waals surface area contributed by atoms with Gasteiger partial charge in [0.15, 0.2) is 17.6 Å². The summed E-state index contributed by atoms with van der Waals surface area (Å²) in [6.45, 7) is 5.71. The minimum absolute atomic E-state index is 0.221. The molecule has 71 heavy (non-hydrogen) atoms. The molecule has 1 heterocycles. The molecular formula is C60H53N5O6. The molecule has 5 aromatic carbocycles. The normalized spacial score (nSPS) is 26.6. The number of fused-ring (bicyclic) bond motifs is 5. The summed E-state index contributed by atoms with van der Waals surface area (Å²) in [5.74, 6) is -1.59. The zero-order valence-corrected chi connectivity index (χ0v) is 39.3. The Morgan fingerprint density at radius 3 is 2.17 bits per heavy atom. The molecule has 11 heteroatoms. The monoisotopic (exact) mass is 939 g/mol. The second-order valence-electron chi connectivity index (χ2n) is 19.8. The largest absolute Gasteiger partial charge is 0.481 e. The molecule has 0 saturated heterocycles. The molecule has 354 valence electrons. The van der Waals surface area contributed by atoms with Gasteiger partial charge in [-0.15, -0.1) is 0 Å². The van der Waals surface area contributed by atoms with Crippen LogP contribution in [-0.2, 0) is 14.4 Å². The van der Waals surface area contributed by atoms with E-state index in [1.165, 1.54) is 19.3 Å². The van der Waals surface area contributed by atoms with Gasteiger partial charge in [-0.2, -0.15) is 0 Å². The number of nitrogens with one attached hydrogen (secondary N) is 1. The fraction of sp³-hybridized carbons (Fsp3) is 0.250. The Kier molecular flexibility index (Phi) is 12.5. The number of aliphatic imine (C=N–C) groups is 1.